The normalized spacial score (nSPS) is 11.5. The zero-order valence-corrected chi connectivity index (χ0v) is 14.1. The third kappa shape index (κ3) is 2.66. The van der Waals surface area contributed by atoms with Crippen molar-refractivity contribution < 1.29 is 17.6 Å². The minimum Gasteiger partial charge on any atom is -0.469 e. The fourth-order valence-corrected chi connectivity index (χ4v) is 4.12. The van der Waals surface area contributed by atoms with Gasteiger partial charge in [0.05, 0.1) is 16.7 Å². The van der Waals surface area contributed by atoms with E-state index in [1.165, 1.54) is 19.4 Å². The molecule has 1 amide bonds. The SMILES string of the molecule is Cc1cc(C)c(S(=O)(=O)N(C)C(=O)c2ccoc2C)c(C)c1. The Labute approximate surface area is 130 Å². The number of carbonyl (C=O) groups is 1. The summed E-state index contributed by atoms with van der Waals surface area (Å²) >= 11 is 0. The molecule has 0 saturated carbocycles. The first-order valence-corrected chi connectivity index (χ1v) is 8.25. The molecule has 1 aromatic carbocycles. The lowest BCUT2D eigenvalue weighted by atomic mass is 10.1. The van der Waals surface area contributed by atoms with E-state index in [2.05, 4.69) is 0 Å². The van der Waals surface area contributed by atoms with Crippen LogP contribution in [0, 0.1) is 27.7 Å². The van der Waals surface area contributed by atoms with Crippen molar-refractivity contribution in [2.45, 2.75) is 32.6 Å². The second kappa shape index (κ2) is 5.61. The van der Waals surface area contributed by atoms with Crippen LogP contribution in [0.25, 0.3) is 0 Å². The number of sulfonamides is 1. The predicted molar refractivity (Wildman–Crippen MR) is 83.4 cm³/mol. The molecule has 0 bridgehead atoms. The highest BCUT2D eigenvalue weighted by atomic mass is 32.2. The predicted octanol–water partition coefficient (Wildman–Crippen LogP) is 2.97. The number of carbonyl (C=O) groups excluding carboxylic acids is 1. The molecular weight excluding hydrogens is 302 g/mol. The summed E-state index contributed by atoms with van der Waals surface area (Å²) in [6, 6.07) is 5.06. The zero-order chi connectivity index (χ0) is 16.7. The minimum atomic E-state index is -3.92. The lowest BCUT2D eigenvalue weighted by molar-refractivity contribution is 0.0881. The van der Waals surface area contributed by atoms with Crippen LogP contribution < -0.4 is 0 Å². The van der Waals surface area contributed by atoms with E-state index in [-0.39, 0.29) is 10.5 Å². The lowest BCUT2D eigenvalue weighted by Crippen LogP contribution is -2.34. The van der Waals surface area contributed by atoms with Crippen molar-refractivity contribution >= 4 is 15.9 Å². The van der Waals surface area contributed by atoms with Crippen molar-refractivity contribution in [3.8, 4) is 0 Å². The Kier molecular flexibility index (Phi) is 4.15. The fraction of sp³-hybridized carbons (Fsp3) is 0.312. The molecule has 0 saturated heterocycles. The molecule has 0 aliphatic rings. The second-order valence-electron chi connectivity index (χ2n) is 5.40. The average molecular weight is 321 g/mol. The summed E-state index contributed by atoms with van der Waals surface area (Å²) in [5.74, 6) is -0.213. The van der Waals surface area contributed by atoms with Crippen molar-refractivity contribution in [2.75, 3.05) is 7.05 Å². The number of hydrogen-bond acceptors (Lipinski definition) is 4. The van der Waals surface area contributed by atoms with Crippen LogP contribution in [0.3, 0.4) is 0 Å². The van der Waals surface area contributed by atoms with E-state index in [1.807, 2.05) is 6.92 Å². The average Bonchev–Trinajstić information content (AvgIpc) is 2.81. The standard InChI is InChI=1S/C16H19NO4S/c1-10-8-11(2)15(12(3)9-10)22(19,20)17(5)16(18)14-6-7-21-13(14)4/h6-9H,1-5H3. The second-order valence-corrected chi connectivity index (χ2v) is 7.30. The third-order valence-corrected chi connectivity index (χ3v) is 5.65. The van der Waals surface area contributed by atoms with E-state index in [0.717, 1.165) is 9.87 Å². The topological polar surface area (TPSA) is 67.6 Å². The molecule has 118 valence electrons. The highest BCUT2D eigenvalue weighted by molar-refractivity contribution is 7.89. The summed E-state index contributed by atoms with van der Waals surface area (Å²) in [4.78, 5) is 12.6. The van der Waals surface area contributed by atoms with E-state index >= 15 is 0 Å². The number of aryl methyl sites for hydroxylation is 4. The van der Waals surface area contributed by atoms with Crippen LogP contribution in [0.1, 0.15) is 32.8 Å². The fourth-order valence-electron chi connectivity index (χ4n) is 2.60. The summed E-state index contributed by atoms with van der Waals surface area (Å²) in [7, 11) is -2.65. The van der Waals surface area contributed by atoms with Crippen LogP contribution in [-0.4, -0.2) is 25.7 Å². The summed E-state index contributed by atoms with van der Waals surface area (Å²) in [6.45, 7) is 6.98. The summed E-state index contributed by atoms with van der Waals surface area (Å²) in [6.07, 6.45) is 1.37. The molecule has 0 N–H and O–H groups in total. The van der Waals surface area contributed by atoms with Gasteiger partial charge in [-0.05, 0) is 44.9 Å². The molecule has 5 nitrogen and oxygen atoms in total. The highest BCUT2D eigenvalue weighted by Crippen LogP contribution is 2.26. The zero-order valence-electron chi connectivity index (χ0n) is 13.3. The van der Waals surface area contributed by atoms with Crippen LogP contribution >= 0.6 is 0 Å². The molecule has 0 fully saturated rings. The molecule has 1 heterocycles. The van der Waals surface area contributed by atoms with E-state index in [1.54, 1.807) is 32.9 Å². The van der Waals surface area contributed by atoms with Gasteiger partial charge in [0.15, 0.2) is 0 Å². The maximum Gasteiger partial charge on any atom is 0.270 e. The smallest absolute Gasteiger partial charge is 0.270 e. The first kappa shape index (κ1) is 16.3. The van der Waals surface area contributed by atoms with Gasteiger partial charge in [0.25, 0.3) is 15.9 Å². The van der Waals surface area contributed by atoms with Crippen LogP contribution in [0.15, 0.2) is 33.8 Å². The van der Waals surface area contributed by atoms with E-state index in [4.69, 9.17) is 4.42 Å². The molecule has 0 radical (unpaired) electrons. The number of furan rings is 1. The summed E-state index contributed by atoms with van der Waals surface area (Å²) in [5, 5.41) is 0. The molecule has 0 aliphatic carbocycles. The molecular formula is C16H19NO4S. The minimum absolute atomic E-state index is 0.176. The Morgan fingerprint density at radius 1 is 1.09 bits per heavy atom. The summed E-state index contributed by atoms with van der Waals surface area (Å²) < 4.78 is 31.5. The van der Waals surface area contributed by atoms with Gasteiger partial charge in [-0.15, -0.1) is 0 Å². The Hall–Kier alpha value is -2.08. The van der Waals surface area contributed by atoms with Gasteiger partial charge in [-0.1, -0.05) is 17.7 Å². The maximum absolute atomic E-state index is 12.8. The molecule has 2 rings (SSSR count). The largest absolute Gasteiger partial charge is 0.469 e. The van der Waals surface area contributed by atoms with Gasteiger partial charge in [-0.25, -0.2) is 12.7 Å². The van der Waals surface area contributed by atoms with Crippen molar-refractivity contribution in [2.24, 2.45) is 0 Å². The highest BCUT2D eigenvalue weighted by Gasteiger charge is 2.30. The van der Waals surface area contributed by atoms with Gasteiger partial charge >= 0.3 is 0 Å². The van der Waals surface area contributed by atoms with Crippen molar-refractivity contribution in [3.05, 3.63) is 52.5 Å². The van der Waals surface area contributed by atoms with E-state index in [0.29, 0.717) is 16.9 Å². The monoisotopic (exact) mass is 321 g/mol. The van der Waals surface area contributed by atoms with Crippen molar-refractivity contribution in [3.63, 3.8) is 0 Å². The Balaban J connectivity index is 2.52. The van der Waals surface area contributed by atoms with Crippen LogP contribution in [-0.2, 0) is 10.0 Å². The van der Waals surface area contributed by atoms with Gasteiger partial charge in [-0.3, -0.25) is 4.79 Å². The van der Waals surface area contributed by atoms with Gasteiger partial charge in [0.1, 0.15) is 5.76 Å². The Morgan fingerprint density at radius 2 is 1.64 bits per heavy atom. The Morgan fingerprint density at radius 3 is 2.09 bits per heavy atom. The first-order chi connectivity index (χ1) is 10.2. The molecule has 0 spiro atoms. The molecule has 22 heavy (non-hydrogen) atoms. The molecule has 0 unspecified atom stereocenters. The third-order valence-electron chi connectivity index (χ3n) is 3.60. The van der Waals surface area contributed by atoms with Crippen molar-refractivity contribution in [1.82, 2.24) is 4.31 Å². The van der Waals surface area contributed by atoms with E-state index < -0.39 is 15.9 Å². The van der Waals surface area contributed by atoms with Gasteiger partial charge in [0.2, 0.25) is 0 Å². The number of rotatable bonds is 3. The molecule has 2 aromatic rings. The number of hydrogen-bond donors (Lipinski definition) is 0. The van der Waals surface area contributed by atoms with Gasteiger partial charge < -0.3 is 4.42 Å². The lowest BCUT2D eigenvalue weighted by Gasteiger charge is -2.20. The maximum atomic E-state index is 12.8. The number of benzene rings is 1. The van der Waals surface area contributed by atoms with Crippen LogP contribution in [0.5, 0.6) is 0 Å². The first-order valence-electron chi connectivity index (χ1n) is 6.81. The molecule has 0 atom stereocenters. The van der Waals surface area contributed by atoms with E-state index in [9.17, 15) is 13.2 Å². The number of amides is 1. The van der Waals surface area contributed by atoms with Gasteiger partial charge in [0, 0.05) is 7.05 Å². The molecule has 0 aliphatic heterocycles. The molecule has 1 aromatic heterocycles. The Bertz CT molecular complexity index is 811. The summed E-state index contributed by atoms with van der Waals surface area (Å²) in [5.41, 5.74) is 2.48. The number of nitrogens with zero attached hydrogens (tertiary/aromatic N) is 1. The quantitative estimate of drug-likeness (QED) is 0.871. The molecule has 6 heteroatoms. The van der Waals surface area contributed by atoms with Crippen LogP contribution in [0.4, 0.5) is 0 Å². The van der Waals surface area contributed by atoms with Crippen molar-refractivity contribution in [1.29, 1.82) is 0 Å². The van der Waals surface area contributed by atoms with Crippen LogP contribution in [0.2, 0.25) is 0 Å². The van der Waals surface area contributed by atoms with Gasteiger partial charge in [-0.2, -0.15) is 0 Å².